The SMILES string of the molecule is Cc1ccc(OI(O)c2ccc(C)cc2)cc1. The number of halogens is 1. The van der Waals surface area contributed by atoms with Crippen molar-refractivity contribution in [3.05, 3.63) is 63.2 Å². The van der Waals surface area contributed by atoms with Gasteiger partial charge in [0.25, 0.3) is 0 Å². The number of hydrogen-bond acceptors (Lipinski definition) is 2. The summed E-state index contributed by atoms with van der Waals surface area (Å²) in [5, 5.41) is 0. The molecule has 2 aromatic carbocycles. The molecule has 0 saturated heterocycles. The molecule has 0 aliphatic heterocycles. The quantitative estimate of drug-likeness (QED) is 0.858. The summed E-state index contributed by atoms with van der Waals surface area (Å²) in [4.78, 5) is 0. The van der Waals surface area contributed by atoms with Crippen molar-refractivity contribution in [3.63, 3.8) is 0 Å². The molecule has 0 spiro atoms. The van der Waals surface area contributed by atoms with E-state index in [4.69, 9.17) is 3.07 Å². The van der Waals surface area contributed by atoms with E-state index in [-0.39, 0.29) is 0 Å². The summed E-state index contributed by atoms with van der Waals surface area (Å²) in [6.07, 6.45) is 0. The second-order valence-electron chi connectivity index (χ2n) is 3.92. The van der Waals surface area contributed by atoms with Crippen LogP contribution in [0.25, 0.3) is 0 Å². The molecule has 0 bridgehead atoms. The van der Waals surface area contributed by atoms with Crippen molar-refractivity contribution in [1.82, 2.24) is 0 Å². The summed E-state index contributed by atoms with van der Waals surface area (Å²) in [5.41, 5.74) is 2.37. The van der Waals surface area contributed by atoms with E-state index in [1.54, 1.807) is 0 Å². The van der Waals surface area contributed by atoms with E-state index in [1.165, 1.54) is 11.1 Å². The van der Waals surface area contributed by atoms with Crippen LogP contribution in [0.1, 0.15) is 11.1 Å². The van der Waals surface area contributed by atoms with Crippen molar-refractivity contribution >= 4 is 20.6 Å². The molecule has 0 radical (unpaired) electrons. The molecule has 2 nitrogen and oxygen atoms in total. The molecule has 0 amide bonds. The second kappa shape index (κ2) is 5.51. The van der Waals surface area contributed by atoms with Crippen LogP contribution in [-0.2, 0) is 0 Å². The Bertz CT molecular complexity index is 477. The van der Waals surface area contributed by atoms with Crippen molar-refractivity contribution in [2.75, 3.05) is 0 Å². The molecule has 2 rings (SSSR count). The molecule has 0 atom stereocenters. The van der Waals surface area contributed by atoms with Crippen LogP contribution < -0.4 is 3.07 Å². The molecule has 90 valence electrons. The van der Waals surface area contributed by atoms with Gasteiger partial charge in [0, 0.05) is 0 Å². The van der Waals surface area contributed by atoms with Crippen molar-refractivity contribution in [3.8, 4) is 5.75 Å². The maximum atomic E-state index is 10.1. The first-order chi connectivity index (χ1) is 8.15. The molecule has 0 aromatic heterocycles. The van der Waals surface area contributed by atoms with E-state index < -0.39 is 20.6 Å². The van der Waals surface area contributed by atoms with Crippen LogP contribution in [0.15, 0.2) is 48.5 Å². The fraction of sp³-hybridized carbons (Fsp3) is 0.143. The van der Waals surface area contributed by atoms with Crippen LogP contribution in [0, 0.1) is 17.4 Å². The van der Waals surface area contributed by atoms with Crippen molar-refractivity contribution < 1.29 is 6.50 Å². The van der Waals surface area contributed by atoms with E-state index in [0.29, 0.717) is 0 Å². The minimum absolute atomic E-state index is 0.740. The van der Waals surface area contributed by atoms with Crippen molar-refractivity contribution in [2.45, 2.75) is 13.8 Å². The van der Waals surface area contributed by atoms with Crippen LogP contribution in [0.2, 0.25) is 0 Å². The van der Waals surface area contributed by atoms with E-state index >= 15 is 0 Å². The predicted molar refractivity (Wildman–Crippen MR) is 77.9 cm³/mol. The molecule has 0 fully saturated rings. The Kier molecular flexibility index (Phi) is 4.02. The van der Waals surface area contributed by atoms with E-state index in [0.717, 1.165) is 9.32 Å². The number of aryl methyl sites for hydroxylation is 2. The van der Waals surface area contributed by atoms with Gasteiger partial charge in [-0.15, -0.1) is 0 Å². The van der Waals surface area contributed by atoms with E-state index in [1.807, 2.05) is 62.4 Å². The van der Waals surface area contributed by atoms with Gasteiger partial charge in [-0.05, 0) is 0 Å². The minimum atomic E-state index is -2.50. The first-order valence-electron chi connectivity index (χ1n) is 5.36. The zero-order chi connectivity index (χ0) is 12.3. The average Bonchev–Trinajstić information content (AvgIpc) is 2.33. The normalized spacial score (nSPS) is 11.1. The zero-order valence-corrected chi connectivity index (χ0v) is 12.0. The molecule has 0 heterocycles. The van der Waals surface area contributed by atoms with Crippen molar-refractivity contribution in [1.29, 1.82) is 0 Å². The third-order valence-electron chi connectivity index (χ3n) is 2.38. The van der Waals surface area contributed by atoms with Gasteiger partial charge in [-0.2, -0.15) is 0 Å². The molecular weight excluding hydrogens is 327 g/mol. The fourth-order valence-corrected chi connectivity index (χ4v) is 3.36. The first kappa shape index (κ1) is 12.4. The fourth-order valence-electron chi connectivity index (χ4n) is 1.36. The summed E-state index contributed by atoms with van der Waals surface area (Å²) in [6.45, 7) is 4.06. The van der Waals surface area contributed by atoms with Crippen LogP contribution in [0.4, 0.5) is 0 Å². The molecule has 1 N–H and O–H groups in total. The predicted octanol–water partition coefficient (Wildman–Crippen LogP) is 3.88. The maximum absolute atomic E-state index is 10.1. The Hall–Kier alpha value is -1.07. The Balaban J connectivity index is 2.08. The van der Waals surface area contributed by atoms with E-state index in [9.17, 15) is 3.44 Å². The zero-order valence-electron chi connectivity index (χ0n) is 9.85. The first-order valence-corrected chi connectivity index (χ1v) is 8.28. The molecule has 0 aliphatic carbocycles. The Morgan fingerprint density at radius 1 is 0.824 bits per heavy atom. The van der Waals surface area contributed by atoms with Crippen LogP contribution in [0.5, 0.6) is 5.75 Å². The Morgan fingerprint density at radius 3 is 1.82 bits per heavy atom. The summed E-state index contributed by atoms with van der Waals surface area (Å²) < 4.78 is 16.6. The van der Waals surface area contributed by atoms with Gasteiger partial charge in [0.2, 0.25) is 0 Å². The summed E-state index contributed by atoms with van der Waals surface area (Å²) in [5.74, 6) is 0.740. The van der Waals surface area contributed by atoms with E-state index in [2.05, 4.69) is 0 Å². The third-order valence-corrected chi connectivity index (χ3v) is 5.09. The molecular formula is C14H15IO2. The average molecular weight is 342 g/mol. The topological polar surface area (TPSA) is 29.5 Å². The molecule has 0 saturated carbocycles. The number of benzene rings is 2. The summed E-state index contributed by atoms with van der Waals surface area (Å²) in [7, 11) is 0. The van der Waals surface area contributed by atoms with Crippen LogP contribution in [-0.4, -0.2) is 3.44 Å². The van der Waals surface area contributed by atoms with Gasteiger partial charge < -0.3 is 0 Å². The Morgan fingerprint density at radius 2 is 1.29 bits per heavy atom. The number of hydrogen-bond donors (Lipinski definition) is 1. The summed E-state index contributed by atoms with van der Waals surface area (Å²) >= 11 is -2.50. The summed E-state index contributed by atoms with van der Waals surface area (Å²) in [6, 6.07) is 15.6. The van der Waals surface area contributed by atoms with Crippen molar-refractivity contribution in [2.24, 2.45) is 0 Å². The van der Waals surface area contributed by atoms with Gasteiger partial charge in [-0.3, -0.25) is 0 Å². The molecule has 2 aromatic rings. The van der Waals surface area contributed by atoms with Gasteiger partial charge >= 0.3 is 110 Å². The van der Waals surface area contributed by atoms with Gasteiger partial charge in [0.05, 0.1) is 0 Å². The molecule has 17 heavy (non-hydrogen) atoms. The second-order valence-corrected chi connectivity index (χ2v) is 6.92. The Labute approximate surface area is 110 Å². The monoisotopic (exact) mass is 342 g/mol. The van der Waals surface area contributed by atoms with Crippen LogP contribution >= 0.6 is 20.6 Å². The van der Waals surface area contributed by atoms with Gasteiger partial charge in [-0.25, -0.2) is 0 Å². The molecule has 0 aliphatic rings. The standard InChI is InChI=1S/C14H15IO2/c1-11-3-7-13(8-4-11)15(16)17-14-9-5-12(2)6-10-14/h3-10,16H,1-2H3. The van der Waals surface area contributed by atoms with Gasteiger partial charge in [-0.1, -0.05) is 0 Å². The number of rotatable bonds is 3. The van der Waals surface area contributed by atoms with Gasteiger partial charge in [0.1, 0.15) is 0 Å². The third kappa shape index (κ3) is 3.44. The van der Waals surface area contributed by atoms with Crippen LogP contribution in [0.3, 0.4) is 0 Å². The molecule has 3 heteroatoms. The molecule has 0 unspecified atom stereocenters. The van der Waals surface area contributed by atoms with Gasteiger partial charge in [0.15, 0.2) is 0 Å².